The normalized spacial score (nSPS) is 11.8. The molecule has 0 aliphatic heterocycles. The number of nitrogens with one attached hydrogen (secondary N) is 1. The lowest BCUT2D eigenvalue weighted by Crippen LogP contribution is -2.42. The molecule has 0 saturated heterocycles. The second kappa shape index (κ2) is 7.41. The molecule has 0 bridgehead atoms. The van der Waals surface area contributed by atoms with E-state index in [-0.39, 0.29) is 18.7 Å². The fourth-order valence-corrected chi connectivity index (χ4v) is 2.30. The molecule has 0 saturated carbocycles. The Bertz CT molecular complexity index is 694. The number of rotatable bonds is 7. The highest BCUT2D eigenvalue weighted by atomic mass is 16.4. The van der Waals surface area contributed by atoms with Crippen molar-refractivity contribution in [2.45, 2.75) is 25.3 Å². The average Bonchev–Trinajstić information content (AvgIpc) is 2.52. The predicted octanol–water partition coefficient (Wildman–Crippen LogP) is 2.92. The monoisotopic (exact) mass is 297 g/mol. The molecule has 0 aliphatic rings. The van der Waals surface area contributed by atoms with E-state index in [0.717, 1.165) is 16.3 Å². The van der Waals surface area contributed by atoms with Crippen LogP contribution >= 0.6 is 0 Å². The molecule has 4 nitrogen and oxygen atoms in total. The van der Waals surface area contributed by atoms with Gasteiger partial charge in [-0.2, -0.15) is 0 Å². The molecular weight excluding hydrogens is 278 g/mol. The van der Waals surface area contributed by atoms with Crippen molar-refractivity contribution in [3.63, 3.8) is 0 Å². The Labute approximate surface area is 129 Å². The lowest BCUT2D eigenvalue weighted by Gasteiger charge is -2.15. The quantitative estimate of drug-likeness (QED) is 0.772. The number of hydrogen-bond acceptors (Lipinski definition) is 2. The smallest absolute Gasteiger partial charge is 0.326 e. The lowest BCUT2D eigenvalue weighted by atomic mass is 10.0. The van der Waals surface area contributed by atoms with Crippen LogP contribution in [0, 0.1) is 0 Å². The van der Waals surface area contributed by atoms with Gasteiger partial charge in [0, 0.05) is 12.8 Å². The fourth-order valence-electron chi connectivity index (χ4n) is 2.30. The van der Waals surface area contributed by atoms with Gasteiger partial charge in [0.2, 0.25) is 5.91 Å². The molecule has 2 rings (SSSR count). The van der Waals surface area contributed by atoms with Crippen LogP contribution in [0.4, 0.5) is 0 Å². The zero-order valence-electron chi connectivity index (χ0n) is 12.3. The number of fused-ring (bicyclic) bond motifs is 1. The Balaban J connectivity index is 2.10. The van der Waals surface area contributed by atoms with E-state index in [0.29, 0.717) is 6.42 Å². The Morgan fingerprint density at radius 1 is 1.18 bits per heavy atom. The van der Waals surface area contributed by atoms with Gasteiger partial charge in [0.1, 0.15) is 6.04 Å². The Kier molecular flexibility index (Phi) is 5.31. The molecule has 1 amide bonds. The highest BCUT2D eigenvalue weighted by molar-refractivity contribution is 5.85. The van der Waals surface area contributed by atoms with Gasteiger partial charge in [0.25, 0.3) is 0 Å². The molecule has 0 aliphatic carbocycles. The lowest BCUT2D eigenvalue weighted by molar-refractivity contribution is -0.141. The van der Waals surface area contributed by atoms with Crippen LogP contribution in [-0.4, -0.2) is 23.0 Å². The van der Waals surface area contributed by atoms with Crippen LogP contribution in [0.2, 0.25) is 0 Å². The number of benzene rings is 2. The van der Waals surface area contributed by atoms with Gasteiger partial charge >= 0.3 is 5.97 Å². The minimum absolute atomic E-state index is 0.255. The second-order valence-electron chi connectivity index (χ2n) is 5.17. The van der Waals surface area contributed by atoms with E-state index >= 15 is 0 Å². The maximum Gasteiger partial charge on any atom is 0.326 e. The van der Waals surface area contributed by atoms with E-state index in [1.165, 1.54) is 0 Å². The van der Waals surface area contributed by atoms with Gasteiger partial charge in [0.05, 0.1) is 0 Å². The highest BCUT2D eigenvalue weighted by Crippen LogP contribution is 2.16. The van der Waals surface area contributed by atoms with Crippen molar-refractivity contribution in [1.82, 2.24) is 5.32 Å². The topological polar surface area (TPSA) is 66.4 Å². The summed E-state index contributed by atoms with van der Waals surface area (Å²) in [6, 6.07) is 12.8. The molecule has 1 unspecified atom stereocenters. The number of amides is 1. The summed E-state index contributed by atoms with van der Waals surface area (Å²) in [5.74, 6) is -1.30. The van der Waals surface area contributed by atoms with E-state index < -0.39 is 12.0 Å². The summed E-state index contributed by atoms with van der Waals surface area (Å²) in [4.78, 5) is 23.0. The van der Waals surface area contributed by atoms with Crippen molar-refractivity contribution in [1.29, 1.82) is 0 Å². The molecule has 114 valence electrons. The Hall–Kier alpha value is -2.62. The molecule has 1 atom stereocenters. The number of aliphatic carboxylic acids is 1. The number of carboxylic acids is 1. The molecule has 0 radical (unpaired) electrons. The van der Waals surface area contributed by atoms with Crippen LogP contribution in [0.3, 0.4) is 0 Å². The summed E-state index contributed by atoms with van der Waals surface area (Å²) in [5, 5.41) is 14.0. The van der Waals surface area contributed by atoms with Crippen LogP contribution in [0.25, 0.3) is 10.8 Å². The van der Waals surface area contributed by atoms with Crippen LogP contribution in [-0.2, 0) is 16.0 Å². The number of carbonyl (C=O) groups is 2. The summed E-state index contributed by atoms with van der Waals surface area (Å²) < 4.78 is 0. The second-order valence-corrected chi connectivity index (χ2v) is 5.17. The summed E-state index contributed by atoms with van der Waals surface area (Å²) in [7, 11) is 0. The molecule has 0 fully saturated rings. The van der Waals surface area contributed by atoms with E-state index in [4.69, 9.17) is 0 Å². The van der Waals surface area contributed by atoms with Crippen LogP contribution in [0.5, 0.6) is 0 Å². The maximum atomic E-state index is 11.7. The molecule has 4 heteroatoms. The van der Waals surface area contributed by atoms with Crippen LogP contribution in [0.1, 0.15) is 18.4 Å². The zero-order valence-corrected chi connectivity index (χ0v) is 12.3. The first kappa shape index (κ1) is 15.8. The first-order valence-electron chi connectivity index (χ1n) is 7.21. The predicted molar refractivity (Wildman–Crippen MR) is 86.6 cm³/mol. The minimum Gasteiger partial charge on any atom is -0.480 e. The van der Waals surface area contributed by atoms with Gasteiger partial charge < -0.3 is 10.4 Å². The third-order valence-electron chi connectivity index (χ3n) is 3.46. The van der Waals surface area contributed by atoms with E-state index in [1.807, 2.05) is 42.5 Å². The first-order chi connectivity index (χ1) is 10.6. The minimum atomic E-state index is -1.03. The third kappa shape index (κ3) is 4.19. The van der Waals surface area contributed by atoms with Gasteiger partial charge in [-0.25, -0.2) is 4.79 Å². The zero-order chi connectivity index (χ0) is 15.9. The van der Waals surface area contributed by atoms with Gasteiger partial charge in [-0.15, -0.1) is 6.58 Å². The maximum absolute atomic E-state index is 11.7. The van der Waals surface area contributed by atoms with Gasteiger partial charge in [-0.05, 0) is 22.8 Å². The highest BCUT2D eigenvalue weighted by Gasteiger charge is 2.20. The summed E-state index contributed by atoms with van der Waals surface area (Å²) in [5.41, 5.74) is 0.884. The first-order valence-corrected chi connectivity index (χ1v) is 7.21. The van der Waals surface area contributed by atoms with Crippen molar-refractivity contribution >= 4 is 22.6 Å². The van der Waals surface area contributed by atoms with Crippen molar-refractivity contribution in [3.8, 4) is 0 Å². The Morgan fingerprint density at radius 2 is 1.91 bits per heavy atom. The molecular formula is C18H19NO3. The number of allylic oxidation sites excluding steroid dienone is 1. The van der Waals surface area contributed by atoms with Crippen molar-refractivity contribution < 1.29 is 14.7 Å². The fraction of sp³-hybridized carbons (Fsp3) is 0.222. The molecule has 2 aromatic rings. The van der Waals surface area contributed by atoms with Gasteiger partial charge in [-0.3, -0.25) is 4.79 Å². The summed E-state index contributed by atoms with van der Waals surface area (Å²) in [6.07, 6.45) is 2.69. The molecule has 0 heterocycles. The number of carbonyl (C=O) groups excluding carboxylic acids is 1. The molecule has 2 aromatic carbocycles. The third-order valence-corrected chi connectivity index (χ3v) is 3.46. The number of hydrogen-bond donors (Lipinski definition) is 2. The largest absolute Gasteiger partial charge is 0.480 e. The van der Waals surface area contributed by atoms with Crippen molar-refractivity contribution in [3.05, 3.63) is 60.7 Å². The molecule has 22 heavy (non-hydrogen) atoms. The molecule has 2 N–H and O–H groups in total. The van der Waals surface area contributed by atoms with Crippen molar-refractivity contribution in [2.75, 3.05) is 0 Å². The van der Waals surface area contributed by atoms with Crippen LogP contribution in [0.15, 0.2) is 55.1 Å². The van der Waals surface area contributed by atoms with E-state index in [2.05, 4.69) is 11.9 Å². The standard InChI is InChI=1S/C18H19NO3/c1-2-3-8-17(20)19-16(18(21)22)12-13-9-10-14-6-4-5-7-15(14)11-13/h2,4-7,9-11,16H,1,3,8,12H2,(H,19,20)(H,21,22). The average molecular weight is 297 g/mol. The van der Waals surface area contributed by atoms with Gasteiger partial charge in [-0.1, -0.05) is 48.5 Å². The molecule has 0 aromatic heterocycles. The SMILES string of the molecule is C=CCCC(=O)NC(Cc1ccc2ccccc2c1)C(=O)O. The molecule has 0 spiro atoms. The van der Waals surface area contributed by atoms with Crippen molar-refractivity contribution in [2.24, 2.45) is 0 Å². The van der Waals surface area contributed by atoms with E-state index in [9.17, 15) is 14.7 Å². The summed E-state index contributed by atoms with van der Waals surface area (Å²) >= 11 is 0. The number of carboxylic acid groups (broad SMARTS) is 1. The van der Waals surface area contributed by atoms with Crippen LogP contribution < -0.4 is 5.32 Å². The van der Waals surface area contributed by atoms with Gasteiger partial charge in [0.15, 0.2) is 0 Å². The van der Waals surface area contributed by atoms with E-state index in [1.54, 1.807) is 6.08 Å². The Morgan fingerprint density at radius 3 is 2.59 bits per heavy atom. The summed E-state index contributed by atoms with van der Waals surface area (Å²) in [6.45, 7) is 3.55.